The number of hydrogen-bond donors (Lipinski definition) is 0. The first-order valence-corrected chi connectivity index (χ1v) is 8.87. The number of nitrogens with zero attached hydrogens (tertiary/aromatic N) is 3. The van der Waals surface area contributed by atoms with Crippen molar-refractivity contribution >= 4 is 17.0 Å². The summed E-state index contributed by atoms with van der Waals surface area (Å²) in [6.07, 6.45) is 0. The molecule has 0 saturated carbocycles. The number of ether oxygens (including phenoxy) is 1. The van der Waals surface area contributed by atoms with E-state index < -0.39 is 5.97 Å². The van der Waals surface area contributed by atoms with Gasteiger partial charge in [-0.25, -0.2) is 9.78 Å². The average Bonchev–Trinajstić information content (AvgIpc) is 3.07. The number of imidazole rings is 1. The summed E-state index contributed by atoms with van der Waals surface area (Å²) in [4.78, 5) is 17.1. The van der Waals surface area contributed by atoms with Gasteiger partial charge in [0.05, 0.1) is 28.2 Å². The fraction of sp³-hybridized carbons (Fsp3) is 0.0870. The van der Waals surface area contributed by atoms with Crippen LogP contribution in [0.4, 0.5) is 0 Å². The van der Waals surface area contributed by atoms with Gasteiger partial charge < -0.3 is 4.74 Å². The first-order valence-electron chi connectivity index (χ1n) is 8.87. The molecule has 1 aromatic heterocycles. The molecule has 0 bridgehead atoms. The highest BCUT2D eigenvalue weighted by molar-refractivity contribution is 5.94. The second-order valence-electron chi connectivity index (χ2n) is 6.38. The number of carbonyl (C=O) groups is 1. The molecule has 0 aliphatic rings. The van der Waals surface area contributed by atoms with E-state index in [-0.39, 0.29) is 6.61 Å². The predicted molar refractivity (Wildman–Crippen MR) is 106 cm³/mol. The van der Waals surface area contributed by atoms with E-state index >= 15 is 0 Å². The minimum Gasteiger partial charge on any atom is -0.457 e. The molecule has 1 heterocycles. The summed E-state index contributed by atoms with van der Waals surface area (Å²) in [7, 11) is 0. The summed E-state index contributed by atoms with van der Waals surface area (Å²) in [5, 5.41) is 9.14. The number of para-hydroxylation sites is 1. The SMILES string of the molecule is Cc1nc2cc(C(=O)OCc3ccccc3C#N)ccc2n1-c1ccccc1. The van der Waals surface area contributed by atoms with Gasteiger partial charge in [-0.15, -0.1) is 0 Å². The molecule has 0 radical (unpaired) electrons. The molecule has 0 aliphatic heterocycles. The molecule has 3 aromatic carbocycles. The van der Waals surface area contributed by atoms with Gasteiger partial charge in [0.1, 0.15) is 12.4 Å². The Balaban J connectivity index is 1.60. The zero-order valence-corrected chi connectivity index (χ0v) is 15.3. The molecule has 0 spiro atoms. The van der Waals surface area contributed by atoms with Crippen molar-refractivity contribution in [3.05, 3.63) is 95.3 Å². The van der Waals surface area contributed by atoms with Crippen LogP contribution in [0.3, 0.4) is 0 Å². The molecule has 28 heavy (non-hydrogen) atoms. The van der Waals surface area contributed by atoms with Gasteiger partial charge in [0.15, 0.2) is 0 Å². The maximum Gasteiger partial charge on any atom is 0.338 e. The van der Waals surface area contributed by atoms with Crippen LogP contribution in [0.2, 0.25) is 0 Å². The van der Waals surface area contributed by atoms with E-state index in [2.05, 4.69) is 11.1 Å². The molecule has 0 amide bonds. The second-order valence-corrected chi connectivity index (χ2v) is 6.38. The van der Waals surface area contributed by atoms with Crippen LogP contribution in [0.1, 0.15) is 27.3 Å². The minimum atomic E-state index is -0.443. The summed E-state index contributed by atoms with van der Waals surface area (Å²) < 4.78 is 7.45. The average molecular weight is 367 g/mol. The molecule has 4 rings (SSSR count). The van der Waals surface area contributed by atoms with Crippen molar-refractivity contribution in [3.63, 3.8) is 0 Å². The lowest BCUT2D eigenvalue weighted by Gasteiger charge is -2.08. The predicted octanol–water partition coefficient (Wildman–Crippen LogP) is 4.56. The third kappa shape index (κ3) is 3.24. The Labute approximate surface area is 162 Å². The highest BCUT2D eigenvalue weighted by Gasteiger charge is 2.14. The van der Waals surface area contributed by atoms with Crippen molar-refractivity contribution in [3.8, 4) is 11.8 Å². The van der Waals surface area contributed by atoms with Crippen LogP contribution in [-0.2, 0) is 11.3 Å². The number of benzene rings is 3. The Morgan fingerprint density at radius 2 is 1.82 bits per heavy atom. The molecule has 0 atom stereocenters. The first kappa shape index (κ1) is 17.5. The molecule has 5 heteroatoms. The van der Waals surface area contributed by atoms with Gasteiger partial charge in [-0.05, 0) is 43.3 Å². The molecule has 136 valence electrons. The number of rotatable bonds is 4. The zero-order valence-electron chi connectivity index (χ0n) is 15.3. The second kappa shape index (κ2) is 7.37. The zero-order chi connectivity index (χ0) is 19.5. The van der Waals surface area contributed by atoms with Crippen molar-refractivity contribution in [2.75, 3.05) is 0 Å². The van der Waals surface area contributed by atoms with Gasteiger partial charge in [-0.3, -0.25) is 4.57 Å². The van der Waals surface area contributed by atoms with Crippen molar-refractivity contribution in [2.24, 2.45) is 0 Å². The monoisotopic (exact) mass is 367 g/mol. The van der Waals surface area contributed by atoms with Crippen LogP contribution in [0.25, 0.3) is 16.7 Å². The number of hydrogen-bond acceptors (Lipinski definition) is 4. The lowest BCUT2D eigenvalue weighted by molar-refractivity contribution is 0.0472. The lowest BCUT2D eigenvalue weighted by atomic mass is 10.1. The fourth-order valence-electron chi connectivity index (χ4n) is 3.21. The summed E-state index contributed by atoms with van der Waals surface area (Å²) in [5.74, 6) is 0.399. The maximum absolute atomic E-state index is 12.5. The van der Waals surface area contributed by atoms with Crippen molar-refractivity contribution in [1.29, 1.82) is 5.26 Å². The molecular weight excluding hydrogens is 350 g/mol. The molecule has 0 N–H and O–H groups in total. The van der Waals surface area contributed by atoms with Gasteiger partial charge >= 0.3 is 5.97 Å². The van der Waals surface area contributed by atoms with Crippen LogP contribution >= 0.6 is 0 Å². The highest BCUT2D eigenvalue weighted by atomic mass is 16.5. The third-order valence-electron chi connectivity index (χ3n) is 4.57. The summed E-state index contributed by atoms with van der Waals surface area (Å²) in [5.41, 5.74) is 4.29. The smallest absolute Gasteiger partial charge is 0.338 e. The van der Waals surface area contributed by atoms with Gasteiger partial charge in [0, 0.05) is 11.3 Å². The van der Waals surface area contributed by atoms with Gasteiger partial charge in [0.25, 0.3) is 0 Å². The van der Waals surface area contributed by atoms with Crippen LogP contribution in [-0.4, -0.2) is 15.5 Å². The van der Waals surface area contributed by atoms with Crippen molar-refractivity contribution in [2.45, 2.75) is 13.5 Å². The fourth-order valence-corrected chi connectivity index (χ4v) is 3.21. The van der Waals surface area contributed by atoms with E-state index in [4.69, 9.17) is 10.00 Å². The molecule has 4 aromatic rings. The minimum absolute atomic E-state index is 0.0537. The number of fused-ring (bicyclic) bond motifs is 1. The summed E-state index contributed by atoms with van der Waals surface area (Å²) in [6, 6.07) is 24.5. The van der Waals surface area contributed by atoms with Crippen LogP contribution in [0, 0.1) is 18.3 Å². The van der Waals surface area contributed by atoms with E-state index in [0.29, 0.717) is 16.7 Å². The van der Waals surface area contributed by atoms with Gasteiger partial charge in [-0.2, -0.15) is 5.26 Å². The topological polar surface area (TPSA) is 67.9 Å². The van der Waals surface area contributed by atoms with Crippen LogP contribution in [0.5, 0.6) is 0 Å². The normalized spacial score (nSPS) is 10.6. The number of nitriles is 1. The van der Waals surface area contributed by atoms with Crippen LogP contribution < -0.4 is 0 Å². The Morgan fingerprint density at radius 3 is 2.61 bits per heavy atom. The standard InChI is InChI=1S/C23H17N3O2/c1-16-25-21-13-17(11-12-22(21)26(16)20-9-3-2-4-10-20)23(27)28-15-19-8-6-5-7-18(19)14-24/h2-13H,15H2,1H3. The molecule has 0 saturated heterocycles. The van der Waals surface area contributed by atoms with E-state index in [9.17, 15) is 4.79 Å². The molecule has 0 fully saturated rings. The lowest BCUT2D eigenvalue weighted by Crippen LogP contribution is -2.06. The molecule has 0 unspecified atom stereocenters. The van der Waals surface area contributed by atoms with E-state index in [1.807, 2.05) is 54.0 Å². The number of esters is 1. The molecule has 0 aliphatic carbocycles. The first-order chi connectivity index (χ1) is 13.7. The Morgan fingerprint density at radius 1 is 1.07 bits per heavy atom. The van der Waals surface area contributed by atoms with Gasteiger partial charge in [0.2, 0.25) is 0 Å². The maximum atomic E-state index is 12.5. The van der Waals surface area contributed by atoms with E-state index in [1.165, 1.54) is 0 Å². The Hall–Kier alpha value is -3.91. The third-order valence-corrected chi connectivity index (χ3v) is 4.57. The number of aromatic nitrogens is 2. The Kier molecular flexibility index (Phi) is 4.61. The van der Waals surface area contributed by atoms with Crippen molar-refractivity contribution < 1.29 is 9.53 Å². The quantitative estimate of drug-likeness (QED) is 0.496. The summed E-state index contributed by atoms with van der Waals surface area (Å²) in [6.45, 7) is 1.99. The Bertz CT molecular complexity index is 1200. The van der Waals surface area contributed by atoms with Crippen molar-refractivity contribution in [1.82, 2.24) is 9.55 Å². The number of carbonyl (C=O) groups excluding carboxylic acids is 1. The van der Waals surface area contributed by atoms with E-state index in [0.717, 1.165) is 22.5 Å². The summed E-state index contributed by atoms with van der Waals surface area (Å²) >= 11 is 0. The van der Waals surface area contributed by atoms with E-state index in [1.54, 1.807) is 30.3 Å². The van der Waals surface area contributed by atoms with Gasteiger partial charge in [-0.1, -0.05) is 36.4 Å². The largest absolute Gasteiger partial charge is 0.457 e. The van der Waals surface area contributed by atoms with Crippen LogP contribution in [0.15, 0.2) is 72.8 Å². The molecular formula is C23H17N3O2. The molecule has 5 nitrogen and oxygen atoms in total. The number of aryl methyl sites for hydroxylation is 1. The highest BCUT2D eigenvalue weighted by Crippen LogP contribution is 2.23.